The van der Waals surface area contributed by atoms with Gasteiger partial charge in [-0.15, -0.1) is 0 Å². The summed E-state index contributed by atoms with van der Waals surface area (Å²) in [6, 6.07) is 0. The molecule has 90 valence electrons. The predicted molar refractivity (Wildman–Crippen MR) is 58.5 cm³/mol. The lowest BCUT2D eigenvalue weighted by molar-refractivity contribution is 0.213. The Kier molecular flexibility index (Phi) is 4.11. The van der Waals surface area contributed by atoms with Crippen molar-refractivity contribution >= 4 is 10.2 Å². The summed E-state index contributed by atoms with van der Waals surface area (Å²) < 4.78 is 27.8. The summed E-state index contributed by atoms with van der Waals surface area (Å²) in [6.07, 6.45) is 1.80. The summed E-state index contributed by atoms with van der Waals surface area (Å²) in [4.78, 5) is 0. The van der Waals surface area contributed by atoms with E-state index in [4.69, 9.17) is 5.11 Å². The molecule has 1 fully saturated rings. The van der Waals surface area contributed by atoms with E-state index in [-0.39, 0.29) is 17.9 Å². The molecule has 1 saturated carbocycles. The van der Waals surface area contributed by atoms with Crippen LogP contribution in [0.3, 0.4) is 0 Å². The third-order valence-electron chi connectivity index (χ3n) is 2.61. The molecule has 0 aliphatic heterocycles. The predicted octanol–water partition coefficient (Wildman–Crippen LogP) is -0.161. The molecule has 0 aromatic rings. The normalized spacial score (nSPS) is 19.5. The molecule has 1 aliphatic carbocycles. The highest BCUT2D eigenvalue weighted by molar-refractivity contribution is 7.87. The molecule has 3 N–H and O–H groups in total. The molecular weight excluding hydrogens is 216 g/mol. The Morgan fingerprint density at radius 3 is 2.33 bits per heavy atom. The Balaban J connectivity index is 2.30. The fraction of sp³-hybridized carbons (Fsp3) is 1.00. The number of aliphatic hydroxyl groups is 1. The third-order valence-corrected chi connectivity index (χ3v) is 3.68. The van der Waals surface area contributed by atoms with Crippen LogP contribution in [0.15, 0.2) is 0 Å². The molecule has 0 heterocycles. The molecule has 5 nitrogen and oxygen atoms in total. The topological polar surface area (TPSA) is 78.4 Å². The second kappa shape index (κ2) is 4.78. The number of hydrogen-bond acceptors (Lipinski definition) is 3. The van der Waals surface area contributed by atoms with Crippen molar-refractivity contribution in [2.75, 3.05) is 19.7 Å². The lowest BCUT2D eigenvalue weighted by atomic mass is 10.1. The minimum absolute atomic E-state index is 0.0553. The smallest absolute Gasteiger partial charge is 0.276 e. The molecule has 0 bridgehead atoms. The van der Waals surface area contributed by atoms with Crippen LogP contribution in [0.1, 0.15) is 26.7 Å². The Labute approximate surface area is 91.4 Å². The Morgan fingerprint density at radius 2 is 1.93 bits per heavy atom. The SMILES string of the molecule is CC(C)CNS(=O)(=O)NCC1(CO)CC1. The molecule has 0 spiro atoms. The van der Waals surface area contributed by atoms with E-state index in [0.717, 1.165) is 12.8 Å². The van der Waals surface area contributed by atoms with Gasteiger partial charge in [0.2, 0.25) is 0 Å². The summed E-state index contributed by atoms with van der Waals surface area (Å²) in [7, 11) is -3.39. The van der Waals surface area contributed by atoms with E-state index < -0.39 is 10.2 Å². The van der Waals surface area contributed by atoms with Crippen LogP contribution in [0, 0.1) is 11.3 Å². The van der Waals surface area contributed by atoms with Gasteiger partial charge in [0, 0.05) is 25.1 Å². The standard InChI is InChI=1S/C9H20N2O3S/c1-8(2)5-10-15(13,14)11-6-9(7-12)3-4-9/h8,10-12H,3-7H2,1-2H3. The zero-order chi connectivity index (χ0) is 11.5. The van der Waals surface area contributed by atoms with Gasteiger partial charge < -0.3 is 5.11 Å². The van der Waals surface area contributed by atoms with Crippen LogP contribution in [-0.4, -0.2) is 33.2 Å². The van der Waals surface area contributed by atoms with Gasteiger partial charge in [0.25, 0.3) is 10.2 Å². The quantitative estimate of drug-likeness (QED) is 0.574. The maximum absolute atomic E-state index is 11.4. The second-order valence-corrected chi connectivity index (χ2v) is 6.31. The summed E-state index contributed by atoms with van der Waals surface area (Å²) in [5.41, 5.74) is -0.188. The van der Waals surface area contributed by atoms with Crippen molar-refractivity contribution in [3.8, 4) is 0 Å². The first-order chi connectivity index (χ1) is 6.89. The molecule has 0 aromatic heterocycles. The summed E-state index contributed by atoms with van der Waals surface area (Å²) >= 11 is 0. The van der Waals surface area contributed by atoms with Gasteiger partial charge in [-0.2, -0.15) is 8.42 Å². The molecular formula is C9H20N2O3S. The fourth-order valence-corrected chi connectivity index (χ4v) is 2.29. The van der Waals surface area contributed by atoms with Crippen LogP contribution in [0.4, 0.5) is 0 Å². The lowest BCUT2D eigenvalue weighted by Gasteiger charge is -2.14. The first-order valence-electron chi connectivity index (χ1n) is 5.24. The van der Waals surface area contributed by atoms with E-state index >= 15 is 0 Å². The van der Waals surface area contributed by atoms with Gasteiger partial charge in [-0.1, -0.05) is 13.8 Å². The van der Waals surface area contributed by atoms with Gasteiger partial charge >= 0.3 is 0 Å². The van der Waals surface area contributed by atoms with E-state index in [9.17, 15) is 8.42 Å². The fourth-order valence-electron chi connectivity index (χ4n) is 1.14. The zero-order valence-corrected chi connectivity index (χ0v) is 10.1. The number of rotatable bonds is 7. The Bertz CT molecular complexity index is 296. The van der Waals surface area contributed by atoms with Gasteiger partial charge in [0.05, 0.1) is 0 Å². The van der Waals surface area contributed by atoms with E-state index in [2.05, 4.69) is 9.44 Å². The van der Waals surface area contributed by atoms with Crippen molar-refractivity contribution in [2.45, 2.75) is 26.7 Å². The average molecular weight is 236 g/mol. The van der Waals surface area contributed by atoms with Crippen LogP contribution in [-0.2, 0) is 10.2 Å². The summed E-state index contributed by atoms with van der Waals surface area (Å²) in [5, 5.41) is 9.02. The molecule has 6 heteroatoms. The molecule has 0 saturated heterocycles. The highest BCUT2D eigenvalue weighted by Gasteiger charge is 2.42. The van der Waals surface area contributed by atoms with E-state index in [0.29, 0.717) is 13.1 Å². The second-order valence-electron chi connectivity index (χ2n) is 4.72. The Hall–Kier alpha value is -0.170. The molecule has 1 aliphatic rings. The van der Waals surface area contributed by atoms with Gasteiger partial charge in [-0.3, -0.25) is 0 Å². The summed E-state index contributed by atoms with van der Waals surface area (Å²) in [5.74, 6) is 0.286. The van der Waals surface area contributed by atoms with Gasteiger partial charge in [0.15, 0.2) is 0 Å². The molecule has 15 heavy (non-hydrogen) atoms. The van der Waals surface area contributed by atoms with Crippen molar-refractivity contribution in [3.63, 3.8) is 0 Å². The molecule has 0 radical (unpaired) electrons. The van der Waals surface area contributed by atoms with Crippen LogP contribution < -0.4 is 9.44 Å². The lowest BCUT2D eigenvalue weighted by Crippen LogP contribution is -2.41. The van der Waals surface area contributed by atoms with Crippen molar-refractivity contribution in [1.29, 1.82) is 0 Å². The molecule has 0 amide bonds. The van der Waals surface area contributed by atoms with E-state index in [1.165, 1.54) is 0 Å². The van der Waals surface area contributed by atoms with Gasteiger partial charge in [-0.25, -0.2) is 9.44 Å². The maximum atomic E-state index is 11.4. The van der Waals surface area contributed by atoms with Crippen molar-refractivity contribution in [3.05, 3.63) is 0 Å². The van der Waals surface area contributed by atoms with Gasteiger partial charge in [-0.05, 0) is 18.8 Å². The Morgan fingerprint density at radius 1 is 1.33 bits per heavy atom. The zero-order valence-electron chi connectivity index (χ0n) is 9.28. The number of aliphatic hydroxyl groups excluding tert-OH is 1. The first kappa shape index (κ1) is 12.9. The van der Waals surface area contributed by atoms with E-state index in [1.807, 2.05) is 13.8 Å². The first-order valence-corrected chi connectivity index (χ1v) is 6.73. The van der Waals surface area contributed by atoms with Gasteiger partial charge in [0.1, 0.15) is 0 Å². The van der Waals surface area contributed by atoms with E-state index in [1.54, 1.807) is 0 Å². The van der Waals surface area contributed by atoms with Crippen molar-refractivity contribution < 1.29 is 13.5 Å². The van der Waals surface area contributed by atoms with Crippen LogP contribution in [0.5, 0.6) is 0 Å². The average Bonchev–Trinajstić information content (AvgIpc) is 2.93. The van der Waals surface area contributed by atoms with Crippen LogP contribution >= 0.6 is 0 Å². The monoisotopic (exact) mass is 236 g/mol. The maximum Gasteiger partial charge on any atom is 0.276 e. The highest BCUT2D eigenvalue weighted by Crippen LogP contribution is 2.44. The molecule has 0 unspecified atom stereocenters. The largest absolute Gasteiger partial charge is 0.396 e. The summed E-state index contributed by atoms with van der Waals surface area (Å²) in [6.45, 7) is 4.70. The number of nitrogens with one attached hydrogen (secondary N) is 2. The highest BCUT2D eigenvalue weighted by atomic mass is 32.2. The van der Waals surface area contributed by atoms with Crippen LogP contribution in [0.2, 0.25) is 0 Å². The minimum Gasteiger partial charge on any atom is -0.396 e. The van der Waals surface area contributed by atoms with Crippen molar-refractivity contribution in [1.82, 2.24) is 9.44 Å². The van der Waals surface area contributed by atoms with Crippen molar-refractivity contribution in [2.24, 2.45) is 11.3 Å². The molecule has 1 rings (SSSR count). The third kappa shape index (κ3) is 4.46. The van der Waals surface area contributed by atoms with Crippen LogP contribution in [0.25, 0.3) is 0 Å². The number of hydrogen-bond donors (Lipinski definition) is 3. The molecule has 0 atom stereocenters. The minimum atomic E-state index is -3.39. The molecule has 0 aromatic carbocycles.